The highest BCUT2D eigenvalue weighted by atomic mass is 16.5. The molecule has 9 heteroatoms. The van der Waals surface area contributed by atoms with Crippen molar-refractivity contribution in [3.8, 4) is 5.75 Å². The van der Waals surface area contributed by atoms with Crippen LogP contribution in [0.15, 0.2) is 48.5 Å². The average Bonchev–Trinajstić information content (AvgIpc) is 3.11. The number of hydrazine groups is 1. The van der Waals surface area contributed by atoms with E-state index in [2.05, 4.69) is 10.9 Å². The first-order chi connectivity index (χ1) is 15.8. The Kier molecular flexibility index (Phi) is 6.04. The summed E-state index contributed by atoms with van der Waals surface area (Å²) in [5.74, 6) is -0.670. The van der Waals surface area contributed by atoms with Gasteiger partial charge >= 0.3 is 0 Å². The average molecular weight is 450 g/mol. The molecule has 4 amide bonds. The van der Waals surface area contributed by atoms with Crippen LogP contribution >= 0.6 is 0 Å². The first kappa shape index (κ1) is 22.3. The van der Waals surface area contributed by atoms with Gasteiger partial charge in [-0.2, -0.15) is 0 Å². The molecule has 0 spiro atoms. The van der Waals surface area contributed by atoms with E-state index < -0.39 is 17.5 Å². The Hall–Kier alpha value is -3.88. The lowest BCUT2D eigenvalue weighted by Crippen LogP contribution is -2.62. The van der Waals surface area contributed by atoms with E-state index in [9.17, 15) is 19.2 Å². The van der Waals surface area contributed by atoms with Crippen LogP contribution in [0.1, 0.15) is 42.1 Å². The number of amides is 4. The Bertz CT molecular complexity index is 1120. The Balaban J connectivity index is 1.33. The number of anilines is 1. The summed E-state index contributed by atoms with van der Waals surface area (Å²) in [7, 11) is 0. The van der Waals surface area contributed by atoms with Gasteiger partial charge in [0.05, 0.1) is 11.3 Å². The third kappa shape index (κ3) is 4.39. The van der Waals surface area contributed by atoms with E-state index in [1.807, 2.05) is 26.0 Å². The molecule has 2 heterocycles. The predicted octanol–water partition coefficient (Wildman–Crippen LogP) is 1.91. The molecule has 2 aliphatic heterocycles. The molecule has 1 unspecified atom stereocenters. The van der Waals surface area contributed by atoms with Gasteiger partial charge in [0.25, 0.3) is 11.8 Å². The smallest absolute Gasteiger partial charge is 0.276 e. The minimum atomic E-state index is -0.826. The molecule has 33 heavy (non-hydrogen) atoms. The van der Waals surface area contributed by atoms with Crippen LogP contribution in [0.4, 0.5) is 5.69 Å². The van der Waals surface area contributed by atoms with Gasteiger partial charge in [-0.05, 0) is 50.1 Å². The number of benzene rings is 2. The minimum absolute atomic E-state index is 0.0372. The van der Waals surface area contributed by atoms with E-state index in [0.717, 1.165) is 5.56 Å². The van der Waals surface area contributed by atoms with Crippen molar-refractivity contribution >= 4 is 29.3 Å². The standard InChI is InChI=1S/C24H26N4O5/c1-16-6-5-7-17(14-16)33-15-21(30)26-25-20(29)11-13-27-23(32)18-8-3-4-9-19(18)28-22(31)10-12-24(27,28)2/h3-9,14H,10-13,15H2,1-2H3,(H,25,29)(H,26,30). The van der Waals surface area contributed by atoms with Gasteiger partial charge < -0.3 is 9.64 Å². The summed E-state index contributed by atoms with van der Waals surface area (Å²) in [6, 6.07) is 14.3. The lowest BCUT2D eigenvalue weighted by atomic mass is 9.98. The van der Waals surface area contributed by atoms with Gasteiger partial charge in [-0.25, -0.2) is 0 Å². The van der Waals surface area contributed by atoms with Crippen LogP contribution in [-0.4, -0.2) is 47.3 Å². The molecule has 172 valence electrons. The van der Waals surface area contributed by atoms with E-state index in [4.69, 9.17) is 4.74 Å². The Labute approximate surface area is 191 Å². The molecule has 2 aromatic rings. The fraction of sp³-hybridized carbons (Fsp3) is 0.333. The van der Waals surface area contributed by atoms with Crippen molar-refractivity contribution < 1.29 is 23.9 Å². The highest BCUT2D eigenvalue weighted by molar-refractivity contribution is 6.10. The van der Waals surface area contributed by atoms with Crippen molar-refractivity contribution in [2.75, 3.05) is 18.1 Å². The number of nitrogens with zero attached hydrogens (tertiary/aromatic N) is 2. The van der Waals surface area contributed by atoms with Crippen molar-refractivity contribution in [3.05, 3.63) is 59.7 Å². The van der Waals surface area contributed by atoms with Crippen LogP contribution in [0.3, 0.4) is 0 Å². The molecular formula is C24H26N4O5. The van der Waals surface area contributed by atoms with Crippen molar-refractivity contribution in [2.24, 2.45) is 0 Å². The van der Waals surface area contributed by atoms with E-state index in [1.54, 1.807) is 46.2 Å². The van der Waals surface area contributed by atoms with Gasteiger partial charge in [-0.1, -0.05) is 24.3 Å². The van der Waals surface area contributed by atoms with Crippen LogP contribution in [0.2, 0.25) is 0 Å². The third-order valence-electron chi connectivity index (χ3n) is 6.01. The molecule has 0 bridgehead atoms. The Morgan fingerprint density at radius 3 is 2.61 bits per heavy atom. The zero-order chi connectivity index (χ0) is 23.6. The fourth-order valence-electron chi connectivity index (χ4n) is 4.35. The summed E-state index contributed by atoms with van der Waals surface area (Å²) < 4.78 is 5.40. The number of nitrogens with one attached hydrogen (secondary N) is 2. The summed E-state index contributed by atoms with van der Waals surface area (Å²) >= 11 is 0. The summed E-state index contributed by atoms with van der Waals surface area (Å²) in [5, 5.41) is 0. The van der Waals surface area contributed by atoms with Gasteiger partial charge in [-0.3, -0.25) is 34.9 Å². The first-order valence-electron chi connectivity index (χ1n) is 10.8. The molecule has 1 atom stereocenters. The Morgan fingerprint density at radius 2 is 1.82 bits per heavy atom. The molecule has 0 radical (unpaired) electrons. The molecular weight excluding hydrogens is 424 g/mol. The van der Waals surface area contributed by atoms with Crippen LogP contribution in [0, 0.1) is 6.92 Å². The molecule has 2 aromatic carbocycles. The second-order valence-corrected chi connectivity index (χ2v) is 8.37. The predicted molar refractivity (Wildman–Crippen MR) is 120 cm³/mol. The molecule has 0 aliphatic carbocycles. The van der Waals surface area contributed by atoms with Crippen LogP contribution < -0.4 is 20.5 Å². The van der Waals surface area contributed by atoms with E-state index in [-0.39, 0.29) is 31.4 Å². The number of hydrogen-bond donors (Lipinski definition) is 2. The van der Waals surface area contributed by atoms with Crippen molar-refractivity contribution in [1.82, 2.24) is 15.8 Å². The normalized spacial score (nSPS) is 19.1. The first-order valence-corrected chi connectivity index (χ1v) is 10.8. The monoisotopic (exact) mass is 450 g/mol. The van der Waals surface area contributed by atoms with Gasteiger partial charge in [0, 0.05) is 19.4 Å². The number of carbonyl (C=O) groups is 4. The molecule has 2 N–H and O–H groups in total. The summed E-state index contributed by atoms with van der Waals surface area (Å²) in [4.78, 5) is 53.3. The number of rotatable bonds is 6. The summed E-state index contributed by atoms with van der Waals surface area (Å²) in [6.07, 6.45) is 0.781. The van der Waals surface area contributed by atoms with Gasteiger partial charge in [0.15, 0.2) is 6.61 Å². The third-order valence-corrected chi connectivity index (χ3v) is 6.01. The summed E-state index contributed by atoms with van der Waals surface area (Å²) in [5.41, 5.74) is 5.88. The lowest BCUT2D eigenvalue weighted by Gasteiger charge is -2.48. The van der Waals surface area contributed by atoms with Crippen LogP contribution in [0.25, 0.3) is 0 Å². The molecule has 2 aliphatic rings. The Morgan fingerprint density at radius 1 is 1.06 bits per heavy atom. The number of para-hydroxylation sites is 1. The number of ether oxygens (including phenoxy) is 1. The number of hydrogen-bond acceptors (Lipinski definition) is 5. The fourth-order valence-corrected chi connectivity index (χ4v) is 4.35. The molecule has 4 rings (SSSR count). The maximum absolute atomic E-state index is 13.2. The van der Waals surface area contributed by atoms with Crippen molar-refractivity contribution in [2.45, 2.75) is 38.8 Å². The summed E-state index contributed by atoms with van der Waals surface area (Å²) in [6.45, 7) is 3.61. The zero-order valence-electron chi connectivity index (χ0n) is 18.6. The maximum Gasteiger partial charge on any atom is 0.276 e. The van der Waals surface area contributed by atoms with Crippen molar-refractivity contribution in [3.63, 3.8) is 0 Å². The van der Waals surface area contributed by atoms with Crippen molar-refractivity contribution in [1.29, 1.82) is 0 Å². The zero-order valence-corrected chi connectivity index (χ0v) is 18.6. The highest BCUT2D eigenvalue weighted by Gasteiger charge is 2.52. The minimum Gasteiger partial charge on any atom is -0.484 e. The second kappa shape index (κ2) is 8.93. The number of carbonyl (C=O) groups excluding carboxylic acids is 4. The topological polar surface area (TPSA) is 108 Å². The van der Waals surface area contributed by atoms with Crippen LogP contribution in [0.5, 0.6) is 5.75 Å². The van der Waals surface area contributed by atoms with Crippen LogP contribution in [-0.2, 0) is 14.4 Å². The molecule has 1 fully saturated rings. The number of aryl methyl sites for hydroxylation is 1. The number of fused-ring (bicyclic) bond motifs is 3. The second-order valence-electron chi connectivity index (χ2n) is 8.37. The largest absolute Gasteiger partial charge is 0.484 e. The SMILES string of the molecule is Cc1cccc(OCC(=O)NNC(=O)CCN2C(=O)c3ccccc3N3C(=O)CCC23C)c1. The molecule has 0 aromatic heterocycles. The van der Waals surface area contributed by atoms with Gasteiger partial charge in [-0.15, -0.1) is 0 Å². The van der Waals surface area contributed by atoms with E-state index in [1.165, 1.54) is 0 Å². The maximum atomic E-state index is 13.2. The lowest BCUT2D eigenvalue weighted by molar-refractivity contribution is -0.130. The van der Waals surface area contributed by atoms with E-state index in [0.29, 0.717) is 29.8 Å². The van der Waals surface area contributed by atoms with Gasteiger partial charge in [0.1, 0.15) is 11.4 Å². The quantitative estimate of drug-likeness (QED) is 0.654. The highest BCUT2D eigenvalue weighted by Crippen LogP contribution is 2.43. The van der Waals surface area contributed by atoms with E-state index >= 15 is 0 Å². The molecule has 9 nitrogen and oxygen atoms in total. The van der Waals surface area contributed by atoms with Gasteiger partial charge in [0.2, 0.25) is 11.8 Å². The molecule has 0 saturated carbocycles. The molecule has 1 saturated heterocycles.